The van der Waals surface area contributed by atoms with E-state index in [4.69, 9.17) is 11.6 Å². The SMILES string of the molecule is CCCCCCC(C)(C)c1ccc(-c2cc(Cl)cc(C3CC3)c2)c(O)c1. The molecule has 1 aliphatic carbocycles. The summed E-state index contributed by atoms with van der Waals surface area (Å²) in [6.45, 7) is 6.79. The number of aromatic hydroxyl groups is 1. The van der Waals surface area contributed by atoms with Gasteiger partial charge in [-0.2, -0.15) is 0 Å². The molecule has 3 rings (SSSR count). The fourth-order valence-corrected chi connectivity index (χ4v) is 4.00. The summed E-state index contributed by atoms with van der Waals surface area (Å²) in [5.74, 6) is 1.00. The van der Waals surface area contributed by atoms with Crippen molar-refractivity contribution in [2.24, 2.45) is 0 Å². The highest BCUT2D eigenvalue weighted by atomic mass is 35.5. The number of hydrogen-bond donors (Lipinski definition) is 1. The maximum Gasteiger partial charge on any atom is 0.123 e. The Morgan fingerprint density at radius 1 is 1.04 bits per heavy atom. The number of hydrogen-bond acceptors (Lipinski definition) is 1. The third kappa shape index (κ3) is 4.62. The molecule has 1 fully saturated rings. The van der Waals surface area contributed by atoms with Crippen LogP contribution in [0.3, 0.4) is 0 Å². The van der Waals surface area contributed by atoms with Crippen molar-refractivity contribution in [3.05, 3.63) is 52.5 Å². The van der Waals surface area contributed by atoms with E-state index in [9.17, 15) is 5.11 Å². The van der Waals surface area contributed by atoms with Crippen LogP contribution in [0.25, 0.3) is 11.1 Å². The van der Waals surface area contributed by atoms with Crippen LogP contribution in [0.1, 0.15) is 82.8 Å². The van der Waals surface area contributed by atoms with E-state index in [1.165, 1.54) is 49.7 Å². The summed E-state index contributed by atoms with van der Waals surface area (Å²) in [5, 5.41) is 11.5. The number of rotatable bonds is 8. The zero-order valence-electron chi connectivity index (χ0n) is 16.3. The predicted molar refractivity (Wildman–Crippen MR) is 112 cm³/mol. The second kappa shape index (κ2) is 8.05. The first-order valence-corrected chi connectivity index (χ1v) is 10.4. The molecule has 0 spiro atoms. The Morgan fingerprint density at radius 2 is 1.81 bits per heavy atom. The van der Waals surface area contributed by atoms with E-state index >= 15 is 0 Å². The van der Waals surface area contributed by atoms with Crippen molar-refractivity contribution in [3.63, 3.8) is 0 Å². The molecule has 0 bridgehead atoms. The van der Waals surface area contributed by atoms with Gasteiger partial charge in [0.15, 0.2) is 0 Å². The number of phenolic OH excluding ortho intramolecular Hbond substituents is 1. The smallest absolute Gasteiger partial charge is 0.123 e. The van der Waals surface area contributed by atoms with Crippen LogP contribution in [-0.4, -0.2) is 5.11 Å². The standard InChI is InChI=1S/C24H31ClO/c1-4-5-6-7-12-24(2,3)20-10-11-22(23(26)16-20)19-13-18(17-8-9-17)14-21(25)15-19/h10-11,13-17,26H,4-9,12H2,1-3H3. The van der Waals surface area contributed by atoms with Crippen LogP contribution >= 0.6 is 11.6 Å². The molecule has 0 aliphatic heterocycles. The Bertz CT molecular complexity index is 759. The normalized spacial score (nSPS) is 14.6. The summed E-state index contributed by atoms with van der Waals surface area (Å²) < 4.78 is 0. The fourth-order valence-electron chi connectivity index (χ4n) is 3.75. The minimum atomic E-state index is 0.0806. The van der Waals surface area contributed by atoms with E-state index < -0.39 is 0 Å². The first kappa shape index (κ1) is 19.3. The molecule has 140 valence electrons. The van der Waals surface area contributed by atoms with Crippen LogP contribution in [0.15, 0.2) is 36.4 Å². The Balaban J connectivity index is 1.81. The van der Waals surface area contributed by atoms with Crippen molar-refractivity contribution in [2.45, 2.75) is 77.0 Å². The molecule has 0 saturated heterocycles. The number of benzene rings is 2. The van der Waals surface area contributed by atoms with Gasteiger partial charge in [-0.25, -0.2) is 0 Å². The van der Waals surface area contributed by atoms with Crippen LogP contribution in [0.5, 0.6) is 5.75 Å². The third-order valence-electron chi connectivity index (χ3n) is 5.71. The second-order valence-corrected chi connectivity index (χ2v) is 8.91. The highest BCUT2D eigenvalue weighted by molar-refractivity contribution is 6.31. The van der Waals surface area contributed by atoms with Crippen molar-refractivity contribution in [1.82, 2.24) is 0 Å². The summed E-state index contributed by atoms with van der Waals surface area (Å²) in [5.41, 5.74) is 4.48. The summed E-state index contributed by atoms with van der Waals surface area (Å²) in [6.07, 6.45) is 8.73. The van der Waals surface area contributed by atoms with Gasteiger partial charge in [0.1, 0.15) is 5.75 Å². The van der Waals surface area contributed by atoms with E-state index in [2.05, 4.69) is 45.0 Å². The quantitative estimate of drug-likeness (QED) is 0.469. The highest BCUT2D eigenvalue weighted by Crippen LogP contribution is 2.43. The minimum Gasteiger partial charge on any atom is -0.507 e. The lowest BCUT2D eigenvalue weighted by Crippen LogP contribution is -2.16. The maximum atomic E-state index is 10.7. The van der Waals surface area contributed by atoms with Crippen molar-refractivity contribution < 1.29 is 5.11 Å². The molecular weight excluding hydrogens is 340 g/mol. The molecule has 0 heterocycles. The maximum absolute atomic E-state index is 10.7. The number of unbranched alkanes of at least 4 members (excludes halogenated alkanes) is 3. The van der Waals surface area contributed by atoms with Gasteiger partial charge in [-0.1, -0.05) is 76.3 Å². The molecule has 1 saturated carbocycles. The van der Waals surface area contributed by atoms with Gasteiger partial charge in [0.05, 0.1) is 0 Å². The predicted octanol–water partition coefficient (Wildman–Crippen LogP) is 7.84. The molecule has 0 radical (unpaired) electrons. The number of phenols is 1. The lowest BCUT2D eigenvalue weighted by Gasteiger charge is -2.26. The second-order valence-electron chi connectivity index (χ2n) is 8.47. The molecule has 1 nitrogen and oxygen atoms in total. The monoisotopic (exact) mass is 370 g/mol. The Kier molecular flexibility index (Phi) is 5.97. The van der Waals surface area contributed by atoms with Gasteiger partial charge in [0.2, 0.25) is 0 Å². The number of halogens is 1. The molecule has 0 unspecified atom stereocenters. The van der Waals surface area contributed by atoms with Crippen LogP contribution in [-0.2, 0) is 5.41 Å². The topological polar surface area (TPSA) is 20.2 Å². The van der Waals surface area contributed by atoms with Crippen molar-refractivity contribution >= 4 is 11.6 Å². The molecule has 2 aromatic carbocycles. The van der Waals surface area contributed by atoms with Gasteiger partial charge in [-0.15, -0.1) is 0 Å². The van der Waals surface area contributed by atoms with Crippen LogP contribution in [0.2, 0.25) is 5.02 Å². The van der Waals surface area contributed by atoms with Crippen LogP contribution < -0.4 is 0 Å². The first-order chi connectivity index (χ1) is 12.4. The molecular formula is C24H31ClO. The molecule has 1 N–H and O–H groups in total. The highest BCUT2D eigenvalue weighted by Gasteiger charge is 2.25. The molecule has 0 amide bonds. The third-order valence-corrected chi connectivity index (χ3v) is 5.93. The molecule has 2 aromatic rings. The molecule has 0 atom stereocenters. The van der Waals surface area contributed by atoms with E-state index in [1.807, 2.05) is 12.1 Å². The minimum absolute atomic E-state index is 0.0806. The van der Waals surface area contributed by atoms with Crippen molar-refractivity contribution in [2.75, 3.05) is 0 Å². The van der Waals surface area contributed by atoms with E-state index in [1.54, 1.807) is 0 Å². The van der Waals surface area contributed by atoms with E-state index in [0.717, 1.165) is 22.6 Å². The Morgan fingerprint density at radius 3 is 2.46 bits per heavy atom. The summed E-state index contributed by atoms with van der Waals surface area (Å²) in [6, 6.07) is 12.4. The Hall–Kier alpha value is -1.47. The lowest BCUT2D eigenvalue weighted by molar-refractivity contribution is 0.438. The first-order valence-electron chi connectivity index (χ1n) is 10.0. The molecule has 1 aliphatic rings. The lowest BCUT2D eigenvalue weighted by atomic mass is 9.79. The van der Waals surface area contributed by atoms with Gasteiger partial charge in [-0.3, -0.25) is 0 Å². The molecule has 26 heavy (non-hydrogen) atoms. The van der Waals surface area contributed by atoms with Crippen LogP contribution in [0.4, 0.5) is 0 Å². The van der Waals surface area contributed by atoms with E-state index in [0.29, 0.717) is 11.7 Å². The fraction of sp³-hybridized carbons (Fsp3) is 0.500. The molecule has 0 aromatic heterocycles. The van der Waals surface area contributed by atoms with E-state index in [-0.39, 0.29) is 5.41 Å². The average Bonchev–Trinajstić information content (AvgIpc) is 3.43. The average molecular weight is 371 g/mol. The van der Waals surface area contributed by atoms with Crippen molar-refractivity contribution in [1.29, 1.82) is 0 Å². The molecule has 2 heteroatoms. The van der Waals surface area contributed by atoms with Crippen molar-refractivity contribution in [3.8, 4) is 16.9 Å². The van der Waals surface area contributed by atoms with Gasteiger partial charge < -0.3 is 5.11 Å². The largest absolute Gasteiger partial charge is 0.507 e. The Labute approximate surface area is 163 Å². The van der Waals surface area contributed by atoms with Gasteiger partial charge >= 0.3 is 0 Å². The van der Waals surface area contributed by atoms with Gasteiger partial charge in [0.25, 0.3) is 0 Å². The van der Waals surface area contributed by atoms with Crippen LogP contribution in [0, 0.1) is 0 Å². The summed E-state index contributed by atoms with van der Waals surface area (Å²) >= 11 is 6.33. The van der Waals surface area contributed by atoms with Gasteiger partial charge in [-0.05, 0) is 65.5 Å². The van der Waals surface area contributed by atoms with Gasteiger partial charge in [0, 0.05) is 10.6 Å². The zero-order valence-corrected chi connectivity index (χ0v) is 17.1. The summed E-state index contributed by atoms with van der Waals surface area (Å²) in [4.78, 5) is 0. The zero-order chi connectivity index (χ0) is 18.7. The summed E-state index contributed by atoms with van der Waals surface area (Å²) in [7, 11) is 0.